The van der Waals surface area contributed by atoms with Crippen molar-refractivity contribution in [2.75, 3.05) is 25.0 Å². The number of anilines is 1. The van der Waals surface area contributed by atoms with Gasteiger partial charge >= 0.3 is 6.03 Å². The summed E-state index contributed by atoms with van der Waals surface area (Å²) < 4.78 is 0. The Morgan fingerprint density at radius 3 is 2.73 bits per heavy atom. The van der Waals surface area contributed by atoms with Crippen LogP contribution in [0.3, 0.4) is 0 Å². The van der Waals surface area contributed by atoms with Crippen molar-refractivity contribution in [1.82, 2.24) is 9.80 Å². The molecule has 0 bridgehead atoms. The van der Waals surface area contributed by atoms with E-state index in [2.05, 4.69) is 32.6 Å². The Morgan fingerprint density at radius 1 is 1.31 bits per heavy atom. The summed E-state index contributed by atoms with van der Waals surface area (Å²) in [6.45, 7) is 6.19. The molecular weight excluding hydrogens is 352 g/mol. The molecule has 1 aromatic carbocycles. The van der Waals surface area contributed by atoms with E-state index in [1.54, 1.807) is 0 Å². The molecule has 0 saturated carbocycles. The molecule has 1 saturated heterocycles. The molecule has 140 valence electrons. The van der Waals surface area contributed by atoms with Crippen LogP contribution >= 0.6 is 11.6 Å². The average molecular weight is 377 g/mol. The molecule has 0 radical (unpaired) electrons. The minimum Gasteiger partial charge on any atom is -0.352 e. The lowest BCUT2D eigenvalue weighted by Crippen LogP contribution is -2.58. The van der Waals surface area contributed by atoms with Gasteiger partial charge in [-0.15, -0.1) is 10.2 Å². The standard InChI is InChI=1S/C18H25ClN6O/c1-3-4-5-15-12-24(17-16(19)21-23-22-17)10-11-25(15)18(26)20-14-8-6-13(2)7-9-14/h6-9,15-16H,3-5,10-12H2,1-2H3,(H,20,26). The van der Waals surface area contributed by atoms with Crippen molar-refractivity contribution in [3.63, 3.8) is 0 Å². The third kappa shape index (κ3) is 4.33. The Morgan fingerprint density at radius 2 is 2.08 bits per heavy atom. The molecule has 0 aromatic heterocycles. The third-order valence-corrected chi connectivity index (χ3v) is 5.06. The number of halogens is 1. The van der Waals surface area contributed by atoms with E-state index in [1.165, 1.54) is 5.56 Å². The maximum Gasteiger partial charge on any atom is 0.322 e. The van der Waals surface area contributed by atoms with Gasteiger partial charge < -0.3 is 15.1 Å². The largest absolute Gasteiger partial charge is 0.352 e. The number of carbonyl (C=O) groups is 1. The van der Waals surface area contributed by atoms with Crippen LogP contribution in [0.1, 0.15) is 31.7 Å². The summed E-state index contributed by atoms with van der Waals surface area (Å²) >= 11 is 6.16. The van der Waals surface area contributed by atoms with Crippen LogP contribution < -0.4 is 5.32 Å². The van der Waals surface area contributed by atoms with Crippen LogP contribution in [0.15, 0.2) is 39.7 Å². The van der Waals surface area contributed by atoms with Gasteiger partial charge in [-0.25, -0.2) is 4.79 Å². The topological polar surface area (TPSA) is 72.7 Å². The van der Waals surface area contributed by atoms with Crippen LogP contribution in [0.4, 0.5) is 10.5 Å². The van der Waals surface area contributed by atoms with Gasteiger partial charge in [0.25, 0.3) is 0 Å². The molecule has 7 nitrogen and oxygen atoms in total. The number of piperazine rings is 1. The molecule has 2 aliphatic rings. The molecule has 0 spiro atoms. The number of rotatable bonds is 4. The van der Waals surface area contributed by atoms with E-state index in [-0.39, 0.29) is 12.1 Å². The zero-order chi connectivity index (χ0) is 18.5. The fourth-order valence-electron chi connectivity index (χ4n) is 3.28. The van der Waals surface area contributed by atoms with E-state index in [4.69, 9.17) is 11.6 Å². The van der Waals surface area contributed by atoms with E-state index < -0.39 is 5.50 Å². The van der Waals surface area contributed by atoms with Gasteiger partial charge in [0.1, 0.15) is 0 Å². The third-order valence-electron chi connectivity index (χ3n) is 4.77. The Balaban J connectivity index is 1.67. The highest BCUT2D eigenvalue weighted by molar-refractivity contribution is 6.31. The maximum absolute atomic E-state index is 12.8. The van der Waals surface area contributed by atoms with Crippen molar-refractivity contribution in [2.45, 2.75) is 44.7 Å². The van der Waals surface area contributed by atoms with Crippen molar-refractivity contribution in [2.24, 2.45) is 15.4 Å². The smallest absolute Gasteiger partial charge is 0.322 e. The van der Waals surface area contributed by atoms with Gasteiger partial charge in [0.2, 0.25) is 5.50 Å². The molecule has 2 aliphatic heterocycles. The summed E-state index contributed by atoms with van der Waals surface area (Å²) in [6.07, 6.45) is 3.11. The van der Waals surface area contributed by atoms with Crippen molar-refractivity contribution in [1.29, 1.82) is 0 Å². The Labute approximate surface area is 159 Å². The lowest BCUT2D eigenvalue weighted by atomic mass is 10.1. The van der Waals surface area contributed by atoms with E-state index in [0.717, 1.165) is 24.9 Å². The number of nitrogens with zero attached hydrogens (tertiary/aromatic N) is 5. The number of aryl methyl sites for hydroxylation is 1. The lowest BCUT2D eigenvalue weighted by molar-refractivity contribution is 0.129. The Hall–Kier alpha value is -2.15. The fraction of sp³-hybridized carbons (Fsp3) is 0.556. The van der Waals surface area contributed by atoms with Crippen LogP contribution in [0.25, 0.3) is 0 Å². The van der Waals surface area contributed by atoms with Gasteiger partial charge in [-0.3, -0.25) is 0 Å². The van der Waals surface area contributed by atoms with Crippen LogP contribution in [0.2, 0.25) is 0 Å². The number of alkyl halides is 1. The number of unbranched alkanes of at least 4 members (excludes halogenated alkanes) is 1. The molecule has 26 heavy (non-hydrogen) atoms. The van der Waals surface area contributed by atoms with E-state index in [9.17, 15) is 4.79 Å². The van der Waals surface area contributed by atoms with Crippen LogP contribution in [-0.4, -0.2) is 52.8 Å². The molecule has 1 fully saturated rings. The molecule has 8 heteroatoms. The summed E-state index contributed by atoms with van der Waals surface area (Å²) in [5, 5.41) is 14.6. The summed E-state index contributed by atoms with van der Waals surface area (Å²) in [5.41, 5.74) is 1.46. The number of nitrogens with one attached hydrogen (secondary N) is 1. The number of amides is 2. The van der Waals surface area contributed by atoms with Crippen LogP contribution in [0, 0.1) is 6.92 Å². The number of urea groups is 1. The maximum atomic E-state index is 12.8. The zero-order valence-electron chi connectivity index (χ0n) is 15.2. The minimum atomic E-state index is -0.519. The zero-order valence-corrected chi connectivity index (χ0v) is 16.0. The van der Waals surface area contributed by atoms with Gasteiger partial charge in [-0.2, -0.15) is 0 Å². The first-order valence-corrected chi connectivity index (χ1v) is 9.53. The van der Waals surface area contributed by atoms with Gasteiger partial charge in [-0.05, 0) is 30.7 Å². The molecule has 1 N–H and O–H groups in total. The first-order chi connectivity index (χ1) is 12.6. The number of carbonyl (C=O) groups excluding carboxylic acids is 1. The monoisotopic (exact) mass is 376 g/mol. The first kappa shape index (κ1) is 18.6. The summed E-state index contributed by atoms with van der Waals surface area (Å²) in [7, 11) is 0. The second-order valence-corrected chi connectivity index (χ2v) is 7.14. The van der Waals surface area contributed by atoms with Crippen molar-refractivity contribution in [3.8, 4) is 0 Å². The minimum absolute atomic E-state index is 0.0558. The van der Waals surface area contributed by atoms with Gasteiger partial charge in [0.15, 0.2) is 5.84 Å². The quantitative estimate of drug-likeness (QED) is 0.636. The van der Waals surface area contributed by atoms with Crippen LogP contribution in [-0.2, 0) is 0 Å². The summed E-state index contributed by atoms with van der Waals surface area (Å²) in [5.74, 6) is 0.687. The lowest BCUT2D eigenvalue weighted by Gasteiger charge is -2.42. The predicted octanol–water partition coefficient (Wildman–Crippen LogP) is 4.05. The summed E-state index contributed by atoms with van der Waals surface area (Å²) in [4.78, 5) is 16.9. The number of hydrogen-bond donors (Lipinski definition) is 1. The highest BCUT2D eigenvalue weighted by Crippen LogP contribution is 2.22. The molecule has 1 aromatic rings. The molecular formula is C18H25ClN6O. The van der Waals surface area contributed by atoms with E-state index in [1.807, 2.05) is 36.1 Å². The van der Waals surface area contributed by atoms with E-state index in [0.29, 0.717) is 25.5 Å². The summed E-state index contributed by atoms with van der Waals surface area (Å²) in [6, 6.07) is 7.90. The second-order valence-electron chi connectivity index (χ2n) is 6.73. The number of hydrogen-bond acceptors (Lipinski definition) is 5. The van der Waals surface area contributed by atoms with E-state index >= 15 is 0 Å². The van der Waals surface area contributed by atoms with Gasteiger partial charge in [0, 0.05) is 25.3 Å². The molecule has 2 amide bonds. The first-order valence-electron chi connectivity index (χ1n) is 9.09. The van der Waals surface area contributed by atoms with Crippen LogP contribution in [0.5, 0.6) is 0 Å². The highest BCUT2D eigenvalue weighted by Gasteiger charge is 2.34. The Bertz CT molecular complexity index is 689. The number of amidine groups is 1. The van der Waals surface area contributed by atoms with Crippen molar-refractivity contribution >= 4 is 29.2 Å². The molecule has 2 heterocycles. The van der Waals surface area contributed by atoms with Crippen molar-refractivity contribution in [3.05, 3.63) is 29.8 Å². The molecule has 3 rings (SSSR count). The fourth-order valence-corrected chi connectivity index (χ4v) is 3.50. The number of benzene rings is 1. The van der Waals surface area contributed by atoms with Gasteiger partial charge in [0.05, 0.1) is 6.04 Å². The normalized spacial score (nSPS) is 22.5. The van der Waals surface area contributed by atoms with Gasteiger partial charge in [-0.1, -0.05) is 49.1 Å². The highest BCUT2D eigenvalue weighted by atomic mass is 35.5. The second kappa shape index (κ2) is 8.49. The SMILES string of the molecule is CCCCC1CN(C2=NN=NC2Cl)CCN1C(=O)Nc1ccc(C)cc1. The molecule has 0 aliphatic carbocycles. The van der Waals surface area contributed by atoms with Crippen molar-refractivity contribution < 1.29 is 4.79 Å². The molecule has 2 atom stereocenters. The predicted molar refractivity (Wildman–Crippen MR) is 104 cm³/mol. The Kier molecular flexibility index (Phi) is 6.08. The molecule has 2 unspecified atom stereocenters. The average Bonchev–Trinajstić information content (AvgIpc) is 3.07.